The van der Waals surface area contributed by atoms with Crippen LogP contribution in [-0.2, 0) is 4.79 Å². The van der Waals surface area contributed by atoms with Gasteiger partial charge in [0.05, 0.1) is 10.4 Å². The molecular weight excluding hydrogens is 232 g/mol. The molecule has 0 aromatic rings. The van der Waals surface area contributed by atoms with Crippen LogP contribution < -0.4 is 11.1 Å². The second-order valence-electron chi connectivity index (χ2n) is 5.17. The molecule has 98 valence electrons. The van der Waals surface area contributed by atoms with Gasteiger partial charge in [0, 0.05) is 6.04 Å². The van der Waals surface area contributed by atoms with Crippen molar-refractivity contribution in [3.63, 3.8) is 0 Å². The summed E-state index contributed by atoms with van der Waals surface area (Å²) < 4.78 is 0. The molecule has 1 atom stereocenters. The standard InChI is InChI=1S/C13H24N2OS/c1-3-4-7-10(2)15-12(16)13(11(14)17)8-5-6-9-13/h10H,3-9H2,1-2H3,(H2,14,17)(H,15,16). The summed E-state index contributed by atoms with van der Waals surface area (Å²) in [5, 5.41) is 3.07. The molecule has 0 aromatic heterocycles. The number of hydrogen-bond donors (Lipinski definition) is 2. The summed E-state index contributed by atoms with van der Waals surface area (Å²) in [5.41, 5.74) is 5.22. The van der Waals surface area contributed by atoms with Gasteiger partial charge in [-0.1, -0.05) is 44.8 Å². The Labute approximate surface area is 110 Å². The highest BCUT2D eigenvalue weighted by Gasteiger charge is 2.44. The lowest BCUT2D eigenvalue weighted by atomic mass is 9.84. The molecule has 1 amide bonds. The van der Waals surface area contributed by atoms with Crippen molar-refractivity contribution in [2.45, 2.75) is 64.8 Å². The number of rotatable bonds is 6. The lowest BCUT2D eigenvalue weighted by Crippen LogP contribution is -2.49. The Morgan fingerprint density at radius 3 is 2.53 bits per heavy atom. The Bertz CT molecular complexity index is 285. The fraction of sp³-hybridized carbons (Fsp3) is 0.846. The Hall–Kier alpha value is -0.640. The molecule has 1 aliphatic carbocycles. The number of carbonyl (C=O) groups excluding carboxylic acids is 1. The van der Waals surface area contributed by atoms with Crippen molar-refractivity contribution in [2.24, 2.45) is 11.1 Å². The molecular formula is C13H24N2OS. The van der Waals surface area contributed by atoms with E-state index in [0.29, 0.717) is 4.99 Å². The van der Waals surface area contributed by atoms with E-state index in [-0.39, 0.29) is 11.9 Å². The maximum atomic E-state index is 12.3. The minimum Gasteiger partial charge on any atom is -0.392 e. The van der Waals surface area contributed by atoms with Crippen LogP contribution in [0, 0.1) is 5.41 Å². The van der Waals surface area contributed by atoms with Crippen LogP contribution in [0.25, 0.3) is 0 Å². The summed E-state index contributed by atoms with van der Waals surface area (Å²) in [7, 11) is 0. The summed E-state index contributed by atoms with van der Waals surface area (Å²) in [6.07, 6.45) is 7.04. The maximum Gasteiger partial charge on any atom is 0.233 e. The number of unbranched alkanes of at least 4 members (excludes halogenated alkanes) is 1. The molecule has 0 bridgehead atoms. The van der Waals surface area contributed by atoms with Gasteiger partial charge >= 0.3 is 0 Å². The van der Waals surface area contributed by atoms with Crippen LogP contribution in [0.1, 0.15) is 58.8 Å². The molecule has 1 aliphatic rings. The third-order valence-corrected chi connectivity index (χ3v) is 4.12. The molecule has 0 aliphatic heterocycles. The summed E-state index contributed by atoms with van der Waals surface area (Å²) in [4.78, 5) is 12.7. The van der Waals surface area contributed by atoms with Crippen LogP contribution in [0.5, 0.6) is 0 Å². The molecule has 0 aromatic carbocycles. The molecule has 1 saturated carbocycles. The normalized spacial score (nSPS) is 19.9. The molecule has 0 spiro atoms. The Kier molecular flexibility index (Phi) is 5.37. The number of thiocarbonyl (C=S) groups is 1. The zero-order valence-corrected chi connectivity index (χ0v) is 11.7. The topological polar surface area (TPSA) is 55.1 Å². The van der Waals surface area contributed by atoms with Crippen molar-refractivity contribution in [1.29, 1.82) is 0 Å². The van der Waals surface area contributed by atoms with Crippen LogP contribution in [0.2, 0.25) is 0 Å². The van der Waals surface area contributed by atoms with E-state index in [9.17, 15) is 4.79 Å². The highest BCUT2D eigenvalue weighted by Crippen LogP contribution is 2.38. The fourth-order valence-electron chi connectivity index (χ4n) is 2.51. The fourth-order valence-corrected chi connectivity index (χ4v) is 2.81. The molecule has 0 saturated heterocycles. The maximum absolute atomic E-state index is 12.3. The van der Waals surface area contributed by atoms with Crippen molar-refractivity contribution in [3.8, 4) is 0 Å². The van der Waals surface area contributed by atoms with Crippen molar-refractivity contribution in [3.05, 3.63) is 0 Å². The summed E-state index contributed by atoms with van der Waals surface area (Å²) >= 11 is 5.10. The molecule has 1 rings (SSSR count). The van der Waals surface area contributed by atoms with Crippen molar-refractivity contribution in [1.82, 2.24) is 5.32 Å². The first kappa shape index (κ1) is 14.4. The molecule has 17 heavy (non-hydrogen) atoms. The Balaban J connectivity index is 2.58. The number of carbonyl (C=O) groups is 1. The van der Waals surface area contributed by atoms with Gasteiger partial charge in [-0.05, 0) is 26.2 Å². The van der Waals surface area contributed by atoms with E-state index in [1.807, 2.05) is 0 Å². The smallest absolute Gasteiger partial charge is 0.233 e. The van der Waals surface area contributed by atoms with E-state index >= 15 is 0 Å². The highest BCUT2D eigenvalue weighted by molar-refractivity contribution is 7.80. The number of nitrogens with one attached hydrogen (secondary N) is 1. The van der Waals surface area contributed by atoms with E-state index in [0.717, 1.165) is 44.9 Å². The minimum absolute atomic E-state index is 0.0473. The third-order valence-electron chi connectivity index (χ3n) is 3.73. The molecule has 0 heterocycles. The molecule has 1 unspecified atom stereocenters. The predicted molar refractivity (Wildman–Crippen MR) is 74.8 cm³/mol. The summed E-state index contributed by atoms with van der Waals surface area (Å²) in [6.45, 7) is 4.21. The summed E-state index contributed by atoms with van der Waals surface area (Å²) in [5.74, 6) is 0.0473. The number of nitrogens with two attached hydrogens (primary N) is 1. The van der Waals surface area contributed by atoms with E-state index in [4.69, 9.17) is 18.0 Å². The lowest BCUT2D eigenvalue weighted by molar-refractivity contribution is -0.128. The third kappa shape index (κ3) is 3.41. The second-order valence-corrected chi connectivity index (χ2v) is 5.61. The Morgan fingerprint density at radius 1 is 1.47 bits per heavy atom. The van der Waals surface area contributed by atoms with Gasteiger partial charge in [0.1, 0.15) is 0 Å². The zero-order valence-electron chi connectivity index (χ0n) is 10.9. The van der Waals surface area contributed by atoms with E-state index in [1.54, 1.807) is 0 Å². The van der Waals surface area contributed by atoms with Gasteiger partial charge < -0.3 is 11.1 Å². The average molecular weight is 256 g/mol. The van der Waals surface area contributed by atoms with E-state index < -0.39 is 5.41 Å². The first-order valence-corrected chi connectivity index (χ1v) is 7.04. The van der Waals surface area contributed by atoms with Crippen LogP contribution >= 0.6 is 12.2 Å². The average Bonchev–Trinajstić information content (AvgIpc) is 2.76. The van der Waals surface area contributed by atoms with Crippen LogP contribution in [-0.4, -0.2) is 16.9 Å². The highest BCUT2D eigenvalue weighted by atomic mass is 32.1. The number of hydrogen-bond acceptors (Lipinski definition) is 2. The van der Waals surface area contributed by atoms with Crippen LogP contribution in [0.3, 0.4) is 0 Å². The molecule has 3 N–H and O–H groups in total. The second kappa shape index (κ2) is 6.34. The first-order chi connectivity index (χ1) is 8.03. The molecule has 3 nitrogen and oxygen atoms in total. The van der Waals surface area contributed by atoms with Crippen molar-refractivity contribution in [2.75, 3.05) is 0 Å². The van der Waals surface area contributed by atoms with Gasteiger partial charge in [-0.2, -0.15) is 0 Å². The van der Waals surface area contributed by atoms with Gasteiger partial charge in [-0.15, -0.1) is 0 Å². The zero-order chi connectivity index (χ0) is 12.9. The first-order valence-electron chi connectivity index (χ1n) is 6.64. The quantitative estimate of drug-likeness (QED) is 0.718. The monoisotopic (exact) mass is 256 g/mol. The van der Waals surface area contributed by atoms with E-state index in [1.165, 1.54) is 0 Å². The van der Waals surface area contributed by atoms with Crippen molar-refractivity contribution >= 4 is 23.1 Å². The van der Waals surface area contributed by atoms with Crippen LogP contribution in [0.15, 0.2) is 0 Å². The van der Waals surface area contributed by atoms with Gasteiger partial charge in [0.25, 0.3) is 0 Å². The largest absolute Gasteiger partial charge is 0.392 e. The predicted octanol–water partition coefficient (Wildman–Crippen LogP) is 2.53. The molecule has 4 heteroatoms. The van der Waals surface area contributed by atoms with Gasteiger partial charge in [0.15, 0.2) is 0 Å². The minimum atomic E-state index is -0.560. The number of amides is 1. The molecule has 0 radical (unpaired) electrons. The summed E-state index contributed by atoms with van der Waals surface area (Å²) in [6, 6.07) is 0.217. The van der Waals surface area contributed by atoms with E-state index in [2.05, 4.69) is 19.2 Å². The van der Waals surface area contributed by atoms with Crippen LogP contribution in [0.4, 0.5) is 0 Å². The van der Waals surface area contributed by atoms with Gasteiger partial charge in [-0.3, -0.25) is 4.79 Å². The lowest BCUT2D eigenvalue weighted by Gasteiger charge is -2.28. The van der Waals surface area contributed by atoms with Gasteiger partial charge in [0.2, 0.25) is 5.91 Å². The molecule has 1 fully saturated rings. The van der Waals surface area contributed by atoms with Gasteiger partial charge in [-0.25, -0.2) is 0 Å². The van der Waals surface area contributed by atoms with Crippen molar-refractivity contribution < 1.29 is 4.79 Å². The Morgan fingerprint density at radius 2 is 2.06 bits per heavy atom. The SMILES string of the molecule is CCCCC(C)NC(=O)C1(C(N)=S)CCCC1.